The van der Waals surface area contributed by atoms with E-state index in [0.29, 0.717) is 25.2 Å². The summed E-state index contributed by atoms with van der Waals surface area (Å²) < 4.78 is 5.84. The van der Waals surface area contributed by atoms with Gasteiger partial charge in [0.05, 0.1) is 18.7 Å². The molecule has 0 bridgehead atoms. The van der Waals surface area contributed by atoms with Gasteiger partial charge < -0.3 is 15.4 Å². The molecule has 0 spiro atoms. The molecule has 1 aromatic carbocycles. The number of para-hydroxylation sites is 1. The van der Waals surface area contributed by atoms with Crippen molar-refractivity contribution in [3.63, 3.8) is 0 Å². The van der Waals surface area contributed by atoms with Gasteiger partial charge in [-0.3, -0.25) is 4.99 Å². The van der Waals surface area contributed by atoms with Crippen molar-refractivity contribution in [2.75, 3.05) is 13.2 Å². The minimum Gasteiger partial charge on any atom is -0.494 e. The Hall–Kier alpha value is -1.71. The highest BCUT2D eigenvalue weighted by Gasteiger charge is 2.45. The zero-order valence-electron chi connectivity index (χ0n) is 13.0. The predicted octanol–water partition coefficient (Wildman–Crippen LogP) is 2.87. The van der Waals surface area contributed by atoms with E-state index in [1.54, 1.807) is 0 Å². The van der Waals surface area contributed by atoms with E-state index in [9.17, 15) is 0 Å². The van der Waals surface area contributed by atoms with Crippen molar-refractivity contribution >= 4 is 5.96 Å². The van der Waals surface area contributed by atoms with E-state index in [1.165, 1.54) is 31.2 Å². The van der Waals surface area contributed by atoms with Crippen LogP contribution in [0, 0.1) is 0 Å². The molecule has 1 atom stereocenters. The maximum absolute atomic E-state index is 6.23. The molecule has 0 radical (unpaired) electrons. The van der Waals surface area contributed by atoms with Crippen molar-refractivity contribution in [3.8, 4) is 5.75 Å². The first-order valence-electron chi connectivity index (χ1n) is 7.98. The van der Waals surface area contributed by atoms with Gasteiger partial charge in [0, 0.05) is 11.6 Å². The molecule has 1 fully saturated rings. The first-order chi connectivity index (χ1) is 10.2. The van der Waals surface area contributed by atoms with Crippen LogP contribution in [-0.4, -0.2) is 30.1 Å². The van der Waals surface area contributed by atoms with Crippen LogP contribution in [0.25, 0.3) is 0 Å². The molecule has 4 heteroatoms. The van der Waals surface area contributed by atoms with Gasteiger partial charge in [0.15, 0.2) is 5.96 Å². The second kappa shape index (κ2) is 5.58. The standard InChI is InChI=1S/C17H25N3O/c1-3-21-15-11-7-6-10-14(15)17(2)12-19-16(18)20(17)13-8-4-5-9-13/h6-7,10-11,13H,3-5,8-9,12H2,1-2H3,(H2,18,19). The van der Waals surface area contributed by atoms with Crippen LogP contribution in [0.15, 0.2) is 29.3 Å². The van der Waals surface area contributed by atoms with Crippen LogP contribution in [0.2, 0.25) is 0 Å². The lowest BCUT2D eigenvalue weighted by Crippen LogP contribution is -2.52. The minimum atomic E-state index is -0.190. The Balaban J connectivity index is 1.99. The van der Waals surface area contributed by atoms with Crippen LogP contribution in [0.3, 0.4) is 0 Å². The third-order valence-corrected chi connectivity index (χ3v) is 4.78. The van der Waals surface area contributed by atoms with E-state index in [-0.39, 0.29) is 5.54 Å². The molecule has 1 aromatic rings. The Morgan fingerprint density at radius 1 is 1.33 bits per heavy atom. The Kier molecular flexibility index (Phi) is 3.79. The molecule has 1 heterocycles. The number of benzene rings is 1. The summed E-state index contributed by atoms with van der Waals surface area (Å²) in [4.78, 5) is 6.90. The smallest absolute Gasteiger partial charge is 0.192 e. The highest BCUT2D eigenvalue weighted by atomic mass is 16.5. The molecule has 0 amide bonds. The molecule has 1 aliphatic carbocycles. The Morgan fingerprint density at radius 3 is 2.76 bits per heavy atom. The number of aliphatic imine (C=N–C) groups is 1. The number of rotatable bonds is 4. The summed E-state index contributed by atoms with van der Waals surface area (Å²) in [5.74, 6) is 1.64. The molecule has 1 aliphatic heterocycles. The van der Waals surface area contributed by atoms with Crippen LogP contribution < -0.4 is 10.5 Å². The number of nitrogens with zero attached hydrogens (tertiary/aromatic N) is 2. The molecule has 21 heavy (non-hydrogen) atoms. The molecule has 114 valence electrons. The summed E-state index contributed by atoms with van der Waals surface area (Å²) in [6.07, 6.45) is 5.00. The molecule has 0 saturated heterocycles. The van der Waals surface area contributed by atoms with Crippen LogP contribution in [0.4, 0.5) is 0 Å². The van der Waals surface area contributed by atoms with Gasteiger partial charge in [-0.2, -0.15) is 0 Å². The summed E-state index contributed by atoms with van der Waals surface area (Å²) in [5, 5.41) is 0. The summed E-state index contributed by atoms with van der Waals surface area (Å²) >= 11 is 0. The minimum absolute atomic E-state index is 0.190. The van der Waals surface area contributed by atoms with Gasteiger partial charge in [0.25, 0.3) is 0 Å². The van der Waals surface area contributed by atoms with Crippen molar-refractivity contribution in [3.05, 3.63) is 29.8 Å². The SMILES string of the molecule is CCOc1ccccc1C1(C)CN=C(N)N1C1CCCC1. The van der Waals surface area contributed by atoms with Gasteiger partial charge in [-0.05, 0) is 32.8 Å². The first-order valence-corrected chi connectivity index (χ1v) is 7.98. The van der Waals surface area contributed by atoms with Crippen LogP contribution in [-0.2, 0) is 5.54 Å². The van der Waals surface area contributed by atoms with Crippen molar-refractivity contribution in [1.29, 1.82) is 0 Å². The summed E-state index contributed by atoms with van der Waals surface area (Å²) in [7, 11) is 0. The fourth-order valence-corrected chi connectivity index (χ4v) is 3.80. The fraction of sp³-hybridized carbons (Fsp3) is 0.588. The molecule has 1 saturated carbocycles. The highest BCUT2D eigenvalue weighted by Crippen LogP contribution is 2.42. The molecule has 3 rings (SSSR count). The maximum atomic E-state index is 6.23. The van der Waals surface area contributed by atoms with Gasteiger partial charge >= 0.3 is 0 Å². The fourth-order valence-electron chi connectivity index (χ4n) is 3.80. The van der Waals surface area contributed by atoms with Crippen molar-refractivity contribution < 1.29 is 4.74 Å². The average Bonchev–Trinajstić information content (AvgIpc) is 3.09. The van der Waals surface area contributed by atoms with Crippen molar-refractivity contribution in [2.45, 2.75) is 51.1 Å². The lowest BCUT2D eigenvalue weighted by atomic mass is 9.88. The molecule has 0 aromatic heterocycles. The lowest BCUT2D eigenvalue weighted by Gasteiger charge is -2.41. The first kappa shape index (κ1) is 14.2. The van der Waals surface area contributed by atoms with E-state index in [0.717, 1.165) is 5.75 Å². The summed E-state index contributed by atoms with van der Waals surface area (Å²) in [6, 6.07) is 8.81. The normalized spacial score (nSPS) is 26.2. The highest BCUT2D eigenvalue weighted by molar-refractivity contribution is 5.82. The average molecular weight is 287 g/mol. The Bertz CT molecular complexity index is 537. The van der Waals surface area contributed by atoms with Gasteiger partial charge in [-0.1, -0.05) is 31.0 Å². The van der Waals surface area contributed by atoms with Gasteiger partial charge in [0.1, 0.15) is 5.75 Å². The molecule has 2 N–H and O–H groups in total. The summed E-state index contributed by atoms with van der Waals surface area (Å²) in [6.45, 7) is 5.65. The van der Waals surface area contributed by atoms with E-state index >= 15 is 0 Å². The molecule has 1 unspecified atom stereocenters. The van der Waals surface area contributed by atoms with E-state index in [1.807, 2.05) is 19.1 Å². The van der Waals surface area contributed by atoms with Crippen LogP contribution in [0.1, 0.15) is 45.1 Å². The van der Waals surface area contributed by atoms with E-state index in [2.05, 4.69) is 28.9 Å². The Morgan fingerprint density at radius 2 is 2.05 bits per heavy atom. The lowest BCUT2D eigenvalue weighted by molar-refractivity contribution is 0.161. The monoisotopic (exact) mass is 287 g/mol. The van der Waals surface area contributed by atoms with E-state index in [4.69, 9.17) is 10.5 Å². The topological polar surface area (TPSA) is 50.9 Å². The number of hydrogen-bond donors (Lipinski definition) is 1. The third kappa shape index (κ3) is 2.37. The third-order valence-electron chi connectivity index (χ3n) is 4.78. The zero-order valence-corrected chi connectivity index (χ0v) is 13.0. The second-order valence-corrected chi connectivity index (χ2v) is 6.19. The molecule has 4 nitrogen and oxygen atoms in total. The van der Waals surface area contributed by atoms with E-state index < -0.39 is 0 Å². The maximum Gasteiger partial charge on any atom is 0.192 e. The van der Waals surface area contributed by atoms with Gasteiger partial charge in [-0.15, -0.1) is 0 Å². The Labute approximate surface area is 127 Å². The van der Waals surface area contributed by atoms with Crippen LogP contribution in [0.5, 0.6) is 5.75 Å². The zero-order chi connectivity index (χ0) is 14.9. The number of hydrogen-bond acceptors (Lipinski definition) is 4. The largest absolute Gasteiger partial charge is 0.494 e. The van der Waals surface area contributed by atoms with Crippen molar-refractivity contribution in [1.82, 2.24) is 4.90 Å². The predicted molar refractivity (Wildman–Crippen MR) is 85.5 cm³/mol. The van der Waals surface area contributed by atoms with Crippen LogP contribution >= 0.6 is 0 Å². The molecule has 2 aliphatic rings. The number of guanidine groups is 1. The van der Waals surface area contributed by atoms with Gasteiger partial charge in [0.2, 0.25) is 0 Å². The number of nitrogens with two attached hydrogens (primary N) is 1. The molecular weight excluding hydrogens is 262 g/mol. The second-order valence-electron chi connectivity index (χ2n) is 6.19. The summed E-state index contributed by atoms with van der Waals surface area (Å²) in [5.41, 5.74) is 7.24. The number of ether oxygens (including phenoxy) is 1. The molecular formula is C17H25N3O. The van der Waals surface area contributed by atoms with Crippen molar-refractivity contribution in [2.24, 2.45) is 10.7 Å². The van der Waals surface area contributed by atoms with Gasteiger partial charge in [-0.25, -0.2) is 0 Å². The quantitative estimate of drug-likeness (QED) is 0.926.